The summed E-state index contributed by atoms with van der Waals surface area (Å²) in [5.74, 6) is -1.68. The number of hydrogen-bond donors (Lipinski definition) is 0. The molecule has 0 aliphatic carbocycles. The highest BCUT2D eigenvalue weighted by Crippen LogP contribution is 2.35. The van der Waals surface area contributed by atoms with Gasteiger partial charge < -0.3 is 18.9 Å². The van der Waals surface area contributed by atoms with Crippen LogP contribution in [0.4, 0.5) is 0 Å². The number of aromatic nitrogens is 4. The second kappa shape index (κ2) is 7.99. The van der Waals surface area contributed by atoms with E-state index in [1.54, 1.807) is 6.92 Å². The molecule has 3 heterocycles. The molecule has 29 heavy (non-hydrogen) atoms. The standard InChI is InChI=1S/C17H20N4O8/c1-8-5-13(25)21-17(19-8)20(7-18-21)16-15(28-11(4)24)14(27-10(3)23)12(29-16)6-26-9(2)22/h5,7,12,14-16H,6H2,1-4H3/t12-,14-,15-,16-/m1/s1. The molecule has 1 saturated heterocycles. The predicted octanol–water partition coefficient (Wildman–Crippen LogP) is -0.477. The summed E-state index contributed by atoms with van der Waals surface area (Å²) in [5, 5.41) is 3.99. The molecule has 1 aliphatic rings. The summed E-state index contributed by atoms with van der Waals surface area (Å²) >= 11 is 0. The Kier molecular flexibility index (Phi) is 5.64. The quantitative estimate of drug-likeness (QED) is 0.471. The lowest BCUT2D eigenvalue weighted by atomic mass is 10.1. The molecule has 0 amide bonds. The Morgan fingerprint density at radius 2 is 1.76 bits per heavy atom. The molecule has 2 aromatic heterocycles. The van der Waals surface area contributed by atoms with Crippen LogP contribution in [0.3, 0.4) is 0 Å². The molecule has 0 unspecified atom stereocenters. The number of carbonyl (C=O) groups excluding carboxylic acids is 3. The van der Waals surface area contributed by atoms with Crippen LogP contribution in [-0.2, 0) is 33.3 Å². The lowest BCUT2D eigenvalue weighted by molar-refractivity contribution is -0.166. The zero-order chi connectivity index (χ0) is 21.3. The van der Waals surface area contributed by atoms with Gasteiger partial charge in [0.25, 0.3) is 5.56 Å². The molecule has 2 aromatic rings. The smallest absolute Gasteiger partial charge is 0.303 e. The zero-order valence-corrected chi connectivity index (χ0v) is 16.2. The van der Waals surface area contributed by atoms with Gasteiger partial charge in [-0.1, -0.05) is 0 Å². The minimum atomic E-state index is -1.09. The van der Waals surface area contributed by atoms with Crippen LogP contribution >= 0.6 is 0 Å². The Hall–Kier alpha value is -3.28. The highest BCUT2D eigenvalue weighted by atomic mass is 16.7. The summed E-state index contributed by atoms with van der Waals surface area (Å²) in [4.78, 5) is 50.9. The van der Waals surface area contributed by atoms with Gasteiger partial charge in [-0.15, -0.1) is 0 Å². The van der Waals surface area contributed by atoms with E-state index in [4.69, 9.17) is 18.9 Å². The van der Waals surface area contributed by atoms with E-state index < -0.39 is 48.0 Å². The van der Waals surface area contributed by atoms with E-state index in [0.29, 0.717) is 5.69 Å². The maximum atomic E-state index is 12.1. The van der Waals surface area contributed by atoms with Crippen molar-refractivity contribution in [1.29, 1.82) is 0 Å². The first-order chi connectivity index (χ1) is 13.7. The van der Waals surface area contributed by atoms with Crippen molar-refractivity contribution < 1.29 is 33.3 Å². The topological polar surface area (TPSA) is 140 Å². The van der Waals surface area contributed by atoms with Gasteiger partial charge in [0.1, 0.15) is 19.0 Å². The SMILES string of the molecule is CC(=O)OC[C@H]1O[C@@H](n2cnn3c(=O)cc(C)nc23)[C@H](OC(C)=O)[C@@H]1OC(C)=O. The van der Waals surface area contributed by atoms with Gasteiger partial charge >= 0.3 is 17.9 Å². The van der Waals surface area contributed by atoms with Crippen molar-refractivity contribution in [2.45, 2.75) is 52.2 Å². The number of hydrogen-bond acceptors (Lipinski definition) is 10. The summed E-state index contributed by atoms with van der Waals surface area (Å²) < 4.78 is 24.0. The van der Waals surface area contributed by atoms with Gasteiger partial charge in [-0.05, 0) is 6.92 Å². The molecule has 3 rings (SSSR count). The minimum absolute atomic E-state index is 0.145. The van der Waals surface area contributed by atoms with Gasteiger partial charge in [-0.2, -0.15) is 9.61 Å². The van der Waals surface area contributed by atoms with E-state index in [0.717, 1.165) is 4.52 Å². The molecule has 1 fully saturated rings. The Balaban J connectivity index is 2.05. The lowest BCUT2D eigenvalue weighted by Crippen LogP contribution is -2.40. The number of esters is 3. The van der Waals surface area contributed by atoms with Crippen molar-refractivity contribution in [2.75, 3.05) is 6.61 Å². The third-order valence-corrected chi connectivity index (χ3v) is 4.14. The molecule has 12 nitrogen and oxygen atoms in total. The van der Waals surface area contributed by atoms with Gasteiger partial charge in [0, 0.05) is 32.5 Å². The zero-order valence-electron chi connectivity index (χ0n) is 16.2. The molecule has 12 heteroatoms. The highest BCUT2D eigenvalue weighted by molar-refractivity contribution is 5.68. The molecular formula is C17H20N4O8. The first-order valence-electron chi connectivity index (χ1n) is 8.74. The van der Waals surface area contributed by atoms with E-state index in [1.165, 1.54) is 37.7 Å². The molecule has 0 saturated carbocycles. The van der Waals surface area contributed by atoms with Gasteiger partial charge in [0.05, 0.1) is 0 Å². The third-order valence-electron chi connectivity index (χ3n) is 4.14. The van der Waals surface area contributed by atoms with Gasteiger partial charge in [0.2, 0.25) is 5.78 Å². The van der Waals surface area contributed by atoms with Crippen LogP contribution in [0.1, 0.15) is 32.7 Å². The fourth-order valence-electron chi connectivity index (χ4n) is 3.11. The number of nitrogens with zero attached hydrogens (tertiary/aromatic N) is 4. The van der Waals surface area contributed by atoms with Crippen molar-refractivity contribution in [3.63, 3.8) is 0 Å². The average molecular weight is 408 g/mol. The van der Waals surface area contributed by atoms with Crippen LogP contribution in [0, 0.1) is 6.92 Å². The van der Waals surface area contributed by atoms with Gasteiger partial charge in [-0.25, -0.2) is 4.98 Å². The Morgan fingerprint density at radius 3 is 2.38 bits per heavy atom. The second-order valence-corrected chi connectivity index (χ2v) is 6.50. The third kappa shape index (κ3) is 4.26. The maximum absolute atomic E-state index is 12.1. The van der Waals surface area contributed by atoms with Crippen LogP contribution in [0.15, 0.2) is 17.2 Å². The van der Waals surface area contributed by atoms with Crippen LogP contribution in [0.5, 0.6) is 0 Å². The molecule has 0 radical (unpaired) electrons. The van der Waals surface area contributed by atoms with Crippen molar-refractivity contribution in [3.05, 3.63) is 28.4 Å². The normalized spacial score (nSPS) is 23.7. The van der Waals surface area contributed by atoms with Crippen LogP contribution < -0.4 is 5.56 Å². The summed E-state index contributed by atoms with van der Waals surface area (Å²) in [6, 6.07) is 1.31. The monoisotopic (exact) mass is 408 g/mol. The average Bonchev–Trinajstić information content (AvgIpc) is 3.15. The second-order valence-electron chi connectivity index (χ2n) is 6.50. The van der Waals surface area contributed by atoms with E-state index in [1.807, 2.05) is 0 Å². The summed E-state index contributed by atoms with van der Waals surface area (Å²) in [7, 11) is 0. The van der Waals surface area contributed by atoms with Crippen LogP contribution in [-0.4, -0.2) is 62.0 Å². The fourth-order valence-corrected chi connectivity index (χ4v) is 3.11. The molecule has 156 valence electrons. The molecule has 0 N–H and O–H groups in total. The lowest BCUT2D eigenvalue weighted by Gasteiger charge is -2.23. The molecule has 1 aliphatic heterocycles. The Labute approximate surface area is 164 Å². The largest absolute Gasteiger partial charge is 0.463 e. The van der Waals surface area contributed by atoms with E-state index in [-0.39, 0.29) is 12.4 Å². The van der Waals surface area contributed by atoms with E-state index >= 15 is 0 Å². The first kappa shape index (κ1) is 20.5. The van der Waals surface area contributed by atoms with Crippen molar-refractivity contribution in [2.24, 2.45) is 0 Å². The number of fused-ring (bicyclic) bond motifs is 1. The molecule has 0 bridgehead atoms. The number of ether oxygens (including phenoxy) is 4. The summed E-state index contributed by atoms with van der Waals surface area (Å²) in [6.07, 6.45) is -2.80. The van der Waals surface area contributed by atoms with Crippen molar-refractivity contribution >= 4 is 23.7 Å². The number of carbonyl (C=O) groups is 3. The maximum Gasteiger partial charge on any atom is 0.303 e. The Morgan fingerprint density at radius 1 is 1.10 bits per heavy atom. The minimum Gasteiger partial charge on any atom is -0.463 e. The predicted molar refractivity (Wildman–Crippen MR) is 93.6 cm³/mol. The highest BCUT2D eigenvalue weighted by Gasteiger charge is 2.51. The fraction of sp³-hybridized carbons (Fsp3) is 0.529. The van der Waals surface area contributed by atoms with Crippen LogP contribution in [0.25, 0.3) is 5.78 Å². The van der Waals surface area contributed by atoms with Crippen molar-refractivity contribution in [1.82, 2.24) is 19.2 Å². The van der Waals surface area contributed by atoms with Crippen molar-refractivity contribution in [3.8, 4) is 0 Å². The molecule has 0 spiro atoms. The van der Waals surface area contributed by atoms with Crippen LogP contribution in [0.2, 0.25) is 0 Å². The molecular weight excluding hydrogens is 388 g/mol. The van der Waals surface area contributed by atoms with E-state index in [9.17, 15) is 19.2 Å². The summed E-state index contributed by atoms with van der Waals surface area (Å²) in [6.45, 7) is 5.02. The number of aryl methyl sites for hydroxylation is 1. The molecule has 4 atom stereocenters. The van der Waals surface area contributed by atoms with Gasteiger partial charge in [-0.3, -0.25) is 23.7 Å². The van der Waals surface area contributed by atoms with E-state index in [2.05, 4.69) is 10.1 Å². The number of rotatable bonds is 5. The first-order valence-corrected chi connectivity index (χ1v) is 8.74. The Bertz CT molecular complexity index is 1010. The summed E-state index contributed by atoms with van der Waals surface area (Å²) in [5.41, 5.74) is 0.0491. The molecule has 0 aromatic carbocycles. The van der Waals surface area contributed by atoms with Gasteiger partial charge in [0.15, 0.2) is 18.4 Å².